The van der Waals surface area contributed by atoms with E-state index in [0.29, 0.717) is 12.1 Å². The largest absolute Gasteiger partial charge is 0.456 e. The standard InChI is InChI=1S/C24H22N2O/c1-2-6-22-19(4-1)24(16-12-17-8-9-18(13-16)26-17)20-10-7-15(14-23(20)27-22)21-5-3-11-25-21/h1-7,10-11,14,17-18,25-26H,8-9,12-13H2. The highest BCUT2D eigenvalue weighted by Crippen LogP contribution is 2.48. The molecule has 0 aliphatic carbocycles. The van der Waals surface area contributed by atoms with Gasteiger partial charge in [-0.1, -0.05) is 29.8 Å². The van der Waals surface area contributed by atoms with Crippen LogP contribution in [0.5, 0.6) is 11.5 Å². The van der Waals surface area contributed by atoms with Gasteiger partial charge in [0.15, 0.2) is 0 Å². The highest BCUT2D eigenvalue weighted by atomic mass is 16.5. The Bertz CT molecular complexity index is 1030. The maximum absolute atomic E-state index is 6.34. The molecule has 6 rings (SSSR count). The van der Waals surface area contributed by atoms with E-state index in [1.54, 1.807) is 5.57 Å². The second-order valence-electron chi connectivity index (χ2n) is 7.92. The molecule has 4 heterocycles. The Hall–Kier alpha value is -2.78. The van der Waals surface area contributed by atoms with Crippen LogP contribution in [0.2, 0.25) is 0 Å². The molecule has 3 nitrogen and oxygen atoms in total. The number of hydrogen-bond acceptors (Lipinski definition) is 2. The first kappa shape index (κ1) is 15.3. The number of para-hydroxylation sites is 1. The fraction of sp³-hybridized carbons (Fsp3) is 0.250. The van der Waals surface area contributed by atoms with Crippen LogP contribution in [0.4, 0.5) is 0 Å². The zero-order valence-corrected chi connectivity index (χ0v) is 15.2. The Morgan fingerprint density at radius 3 is 2.44 bits per heavy atom. The number of nitrogens with one attached hydrogen (secondary N) is 2. The third-order valence-electron chi connectivity index (χ3n) is 6.21. The van der Waals surface area contributed by atoms with Gasteiger partial charge in [0.1, 0.15) is 11.5 Å². The fourth-order valence-electron chi connectivity index (χ4n) is 5.00. The smallest absolute Gasteiger partial charge is 0.135 e. The number of rotatable bonds is 1. The van der Waals surface area contributed by atoms with E-state index >= 15 is 0 Å². The Kier molecular flexibility index (Phi) is 3.32. The zero-order chi connectivity index (χ0) is 17.8. The van der Waals surface area contributed by atoms with Crippen molar-refractivity contribution < 1.29 is 4.74 Å². The van der Waals surface area contributed by atoms with E-state index in [1.165, 1.54) is 29.5 Å². The Morgan fingerprint density at radius 2 is 1.63 bits per heavy atom. The summed E-state index contributed by atoms with van der Waals surface area (Å²) in [6, 6.07) is 20.5. The summed E-state index contributed by atoms with van der Waals surface area (Å²) in [5, 5.41) is 3.77. The van der Waals surface area contributed by atoms with Crippen LogP contribution in [0.1, 0.15) is 36.8 Å². The Labute approximate surface area is 159 Å². The quantitative estimate of drug-likeness (QED) is 0.473. The molecular weight excluding hydrogens is 332 g/mol. The van der Waals surface area contributed by atoms with Gasteiger partial charge < -0.3 is 15.0 Å². The average molecular weight is 354 g/mol. The van der Waals surface area contributed by atoms with Crippen LogP contribution < -0.4 is 10.1 Å². The molecule has 2 N–H and O–H groups in total. The van der Waals surface area contributed by atoms with E-state index in [4.69, 9.17) is 4.74 Å². The number of piperidine rings is 1. The lowest BCUT2D eigenvalue weighted by Gasteiger charge is -2.30. The average Bonchev–Trinajstić information content (AvgIpc) is 3.35. The molecule has 2 atom stereocenters. The van der Waals surface area contributed by atoms with Crippen molar-refractivity contribution in [3.63, 3.8) is 0 Å². The van der Waals surface area contributed by atoms with Crippen molar-refractivity contribution in [1.29, 1.82) is 0 Å². The molecule has 2 bridgehead atoms. The van der Waals surface area contributed by atoms with Gasteiger partial charge in [0.05, 0.1) is 0 Å². The van der Waals surface area contributed by atoms with Gasteiger partial charge >= 0.3 is 0 Å². The molecule has 3 aliphatic rings. The van der Waals surface area contributed by atoms with Gasteiger partial charge in [-0.05, 0) is 61.6 Å². The van der Waals surface area contributed by atoms with Crippen LogP contribution in [0.25, 0.3) is 16.8 Å². The summed E-state index contributed by atoms with van der Waals surface area (Å²) < 4.78 is 6.34. The van der Waals surface area contributed by atoms with Gasteiger partial charge in [-0.15, -0.1) is 0 Å². The predicted molar refractivity (Wildman–Crippen MR) is 108 cm³/mol. The molecule has 0 amide bonds. The monoisotopic (exact) mass is 354 g/mol. The maximum atomic E-state index is 6.34. The van der Waals surface area contributed by atoms with Crippen LogP contribution >= 0.6 is 0 Å². The van der Waals surface area contributed by atoms with Crippen LogP contribution in [0.15, 0.2) is 66.4 Å². The van der Waals surface area contributed by atoms with Crippen LogP contribution in [0, 0.1) is 0 Å². The summed E-state index contributed by atoms with van der Waals surface area (Å²) in [4.78, 5) is 3.30. The second-order valence-corrected chi connectivity index (χ2v) is 7.92. The first-order chi connectivity index (χ1) is 13.3. The molecule has 0 radical (unpaired) electrons. The summed E-state index contributed by atoms with van der Waals surface area (Å²) in [7, 11) is 0. The maximum Gasteiger partial charge on any atom is 0.135 e. The third-order valence-corrected chi connectivity index (χ3v) is 6.21. The minimum Gasteiger partial charge on any atom is -0.456 e. The van der Waals surface area contributed by atoms with Gasteiger partial charge in [0.2, 0.25) is 0 Å². The topological polar surface area (TPSA) is 37.0 Å². The number of ether oxygens (including phenoxy) is 1. The molecular formula is C24H22N2O. The minimum atomic E-state index is 0.642. The number of aromatic nitrogens is 1. The van der Waals surface area contributed by atoms with E-state index in [2.05, 4.69) is 58.8 Å². The van der Waals surface area contributed by atoms with Gasteiger partial charge in [0.25, 0.3) is 0 Å². The van der Waals surface area contributed by atoms with Crippen molar-refractivity contribution in [2.45, 2.75) is 37.8 Å². The number of H-pyrrole nitrogens is 1. The predicted octanol–water partition coefficient (Wildman–Crippen LogP) is 5.50. The molecule has 1 aromatic heterocycles. The normalized spacial score (nSPS) is 23.0. The highest BCUT2D eigenvalue weighted by molar-refractivity contribution is 5.91. The van der Waals surface area contributed by atoms with Crippen molar-refractivity contribution in [3.05, 3.63) is 77.5 Å². The number of benzene rings is 2. The summed E-state index contributed by atoms with van der Waals surface area (Å²) in [5.74, 6) is 1.94. The summed E-state index contributed by atoms with van der Waals surface area (Å²) in [6.07, 6.45) is 6.87. The molecule has 0 spiro atoms. The van der Waals surface area contributed by atoms with Crippen molar-refractivity contribution in [2.24, 2.45) is 0 Å². The molecule has 3 aliphatic heterocycles. The lowest BCUT2D eigenvalue weighted by atomic mass is 9.84. The molecule has 2 unspecified atom stereocenters. The minimum absolute atomic E-state index is 0.642. The molecule has 3 heteroatoms. The molecule has 27 heavy (non-hydrogen) atoms. The van der Waals surface area contributed by atoms with E-state index < -0.39 is 0 Å². The molecule has 0 saturated carbocycles. The van der Waals surface area contributed by atoms with Crippen LogP contribution in [-0.4, -0.2) is 17.1 Å². The Morgan fingerprint density at radius 1 is 0.815 bits per heavy atom. The number of hydrogen-bond donors (Lipinski definition) is 2. The summed E-state index contributed by atoms with van der Waals surface area (Å²) >= 11 is 0. The first-order valence-corrected chi connectivity index (χ1v) is 9.89. The van der Waals surface area contributed by atoms with E-state index in [1.807, 2.05) is 12.3 Å². The third kappa shape index (κ3) is 2.46. The molecule has 134 valence electrons. The summed E-state index contributed by atoms with van der Waals surface area (Å²) in [5.41, 5.74) is 7.76. The van der Waals surface area contributed by atoms with Crippen molar-refractivity contribution in [2.75, 3.05) is 0 Å². The van der Waals surface area contributed by atoms with Crippen LogP contribution in [0.3, 0.4) is 0 Å². The fourth-order valence-corrected chi connectivity index (χ4v) is 5.00. The van der Waals surface area contributed by atoms with E-state index in [0.717, 1.165) is 35.6 Å². The van der Waals surface area contributed by atoms with E-state index in [-0.39, 0.29) is 0 Å². The van der Waals surface area contributed by atoms with Gasteiger partial charge in [-0.25, -0.2) is 0 Å². The van der Waals surface area contributed by atoms with Crippen molar-refractivity contribution in [1.82, 2.24) is 10.3 Å². The Balaban J connectivity index is 1.54. The second kappa shape index (κ2) is 5.86. The lowest BCUT2D eigenvalue weighted by molar-refractivity contribution is 0.465. The molecule has 3 aromatic rings. The van der Waals surface area contributed by atoms with Crippen LogP contribution in [-0.2, 0) is 0 Å². The molecule has 2 fully saturated rings. The van der Waals surface area contributed by atoms with Gasteiger partial charge in [-0.2, -0.15) is 0 Å². The highest BCUT2D eigenvalue weighted by Gasteiger charge is 2.34. The van der Waals surface area contributed by atoms with Crippen molar-refractivity contribution in [3.8, 4) is 22.8 Å². The van der Waals surface area contributed by atoms with Crippen molar-refractivity contribution >= 4 is 5.57 Å². The summed E-state index contributed by atoms with van der Waals surface area (Å²) in [6.45, 7) is 0. The first-order valence-electron chi connectivity index (χ1n) is 9.89. The van der Waals surface area contributed by atoms with E-state index in [9.17, 15) is 0 Å². The van der Waals surface area contributed by atoms with Gasteiger partial charge in [-0.3, -0.25) is 0 Å². The molecule has 2 saturated heterocycles. The SMILES string of the molecule is c1c[nH]c(-c2ccc3c(c2)Oc2ccccc2C3=C2CC3CCC(C2)N3)c1. The number of aromatic amines is 1. The lowest BCUT2D eigenvalue weighted by Crippen LogP contribution is -2.35. The number of fused-ring (bicyclic) bond motifs is 4. The molecule has 2 aromatic carbocycles. The van der Waals surface area contributed by atoms with Gasteiger partial charge in [0, 0.05) is 40.7 Å². The zero-order valence-electron chi connectivity index (χ0n) is 15.2.